The van der Waals surface area contributed by atoms with Gasteiger partial charge in [0.15, 0.2) is 17.5 Å². The van der Waals surface area contributed by atoms with Crippen molar-refractivity contribution in [1.29, 1.82) is 0 Å². The molecule has 10 aromatic rings. The summed E-state index contributed by atoms with van der Waals surface area (Å²) >= 11 is 0. The molecule has 56 heavy (non-hydrogen) atoms. The fraction of sp³-hybridized carbons (Fsp3) is 0.0192. The van der Waals surface area contributed by atoms with Gasteiger partial charge in [-0.25, -0.2) is 15.0 Å². The van der Waals surface area contributed by atoms with Gasteiger partial charge in [-0.2, -0.15) is 0 Å². The second kappa shape index (κ2) is 13.2. The lowest BCUT2D eigenvalue weighted by atomic mass is 9.98. The molecule has 1 aliphatic carbocycles. The number of benzene rings is 8. The fourth-order valence-corrected chi connectivity index (χ4v) is 8.48. The SMILES string of the molecule is c1ccc(-c2ccc3c(c2)c2cc(-c4ccccc4)ccc2n3-c2cccc3c2Cc2cccc(-c4nc(-c5ccccc5)nc(-c5ccccc5)n4)c2-3)cc1. The Morgan fingerprint density at radius 1 is 0.357 bits per heavy atom. The molecule has 0 atom stereocenters. The largest absolute Gasteiger partial charge is 0.309 e. The molecule has 0 saturated heterocycles. The predicted octanol–water partition coefficient (Wildman–Crippen LogP) is 12.9. The number of nitrogens with zero attached hydrogens (tertiary/aromatic N) is 4. The molecule has 2 heterocycles. The zero-order chi connectivity index (χ0) is 37.0. The molecule has 0 fully saturated rings. The second-order valence-electron chi connectivity index (χ2n) is 14.4. The molecule has 0 aliphatic heterocycles. The van der Waals surface area contributed by atoms with E-state index in [1.165, 1.54) is 72.0 Å². The molecule has 8 aromatic carbocycles. The highest BCUT2D eigenvalue weighted by atomic mass is 15.0. The summed E-state index contributed by atoms with van der Waals surface area (Å²) < 4.78 is 2.47. The maximum Gasteiger partial charge on any atom is 0.164 e. The van der Waals surface area contributed by atoms with E-state index in [0.717, 1.165) is 23.1 Å². The van der Waals surface area contributed by atoms with Crippen LogP contribution in [0.5, 0.6) is 0 Å². The van der Waals surface area contributed by atoms with Gasteiger partial charge in [0.25, 0.3) is 0 Å². The number of fused-ring (bicyclic) bond motifs is 6. The Kier molecular flexibility index (Phi) is 7.52. The van der Waals surface area contributed by atoms with E-state index in [9.17, 15) is 0 Å². The minimum atomic E-state index is 0.661. The molecule has 4 heteroatoms. The Hall–Kier alpha value is -7.43. The Morgan fingerprint density at radius 2 is 0.821 bits per heavy atom. The molecule has 1 aliphatic rings. The summed E-state index contributed by atoms with van der Waals surface area (Å²) in [6, 6.07) is 68.9. The van der Waals surface area contributed by atoms with Crippen molar-refractivity contribution in [3.63, 3.8) is 0 Å². The van der Waals surface area contributed by atoms with Crippen LogP contribution in [0.4, 0.5) is 0 Å². The molecular formula is C52H34N4. The van der Waals surface area contributed by atoms with Crippen molar-refractivity contribution in [2.24, 2.45) is 0 Å². The molecule has 11 rings (SSSR count). The van der Waals surface area contributed by atoms with Gasteiger partial charge in [-0.05, 0) is 74.8 Å². The lowest BCUT2D eigenvalue weighted by Crippen LogP contribution is -2.01. The van der Waals surface area contributed by atoms with Crippen LogP contribution in [-0.4, -0.2) is 19.5 Å². The smallest absolute Gasteiger partial charge is 0.164 e. The van der Waals surface area contributed by atoms with E-state index in [-0.39, 0.29) is 0 Å². The van der Waals surface area contributed by atoms with Gasteiger partial charge in [-0.3, -0.25) is 0 Å². The van der Waals surface area contributed by atoms with Gasteiger partial charge in [-0.15, -0.1) is 0 Å². The van der Waals surface area contributed by atoms with Crippen LogP contribution >= 0.6 is 0 Å². The van der Waals surface area contributed by atoms with Crippen molar-refractivity contribution in [2.45, 2.75) is 6.42 Å². The first-order valence-corrected chi connectivity index (χ1v) is 19.1. The third kappa shape index (κ3) is 5.34. The van der Waals surface area contributed by atoms with E-state index in [1.54, 1.807) is 0 Å². The molecule has 4 nitrogen and oxygen atoms in total. The first-order valence-electron chi connectivity index (χ1n) is 19.1. The van der Waals surface area contributed by atoms with Gasteiger partial charge in [0.2, 0.25) is 0 Å². The van der Waals surface area contributed by atoms with Gasteiger partial charge in [-0.1, -0.05) is 164 Å². The number of hydrogen-bond acceptors (Lipinski definition) is 3. The van der Waals surface area contributed by atoms with E-state index in [0.29, 0.717) is 17.5 Å². The van der Waals surface area contributed by atoms with Crippen LogP contribution in [-0.2, 0) is 6.42 Å². The predicted molar refractivity (Wildman–Crippen MR) is 230 cm³/mol. The van der Waals surface area contributed by atoms with Crippen LogP contribution in [0.2, 0.25) is 0 Å². The van der Waals surface area contributed by atoms with Crippen molar-refractivity contribution in [2.75, 3.05) is 0 Å². The Labute approximate surface area is 325 Å². The third-order valence-electron chi connectivity index (χ3n) is 11.1. The zero-order valence-corrected chi connectivity index (χ0v) is 30.5. The highest BCUT2D eigenvalue weighted by Gasteiger charge is 2.28. The summed E-state index contributed by atoms with van der Waals surface area (Å²) in [5.41, 5.74) is 16.3. The Balaban J connectivity index is 1.11. The number of hydrogen-bond donors (Lipinski definition) is 0. The highest BCUT2D eigenvalue weighted by molar-refractivity contribution is 6.12. The van der Waals surface area contributed by atoms with Crippen molar-refractivity contribution >= 4 is 21.8 Å². The molecule has 262 valence electrons. The monoisotopic (exact) mass is 714 g/mol. The summed E-state index contributed by atoms with van der Waals surface area (Å²) in [6.45, 7) is 0. The maximum absolute atomic E-state index is 5.14. The van der Waals surface area contributed by atoms with Crippen molar-refractivity contribution in [3.05, 3.63) is 205 Å². The normalized spacial score (nSPS) is 11.9. The minimum absolute atomic E-state index is 0.661. The Bertz CT molecular complexity index is 2920. The van der Waals surface area contributed by atoms with E-state index < -0.39 is 0 Å². The van der Waals surface area contributed by atoms with E-state index in [2.05, 4.69) is 162 Å². The summed E-state index contributed by atoms with van der Waals surface area (Å²) in [5.74, 6) is 2.00. The van der Waals surface area contributed by atoms with Crippen LogP contribution < -0.4 is 0 Å². The molecular weight excluding hydrogens is 681 g/mol. The summed E-state index contributed by atoms with van der Waals surface area (Å²) in [4.78, 5) is 15.3. The molecule has 0 bridgehead atoms. The van der Waals surface area contributed by atoms with Gasteiger partial charge >= 0.3 is 0 Å². The van der Waals surface area contributed by atoms with Gasteiger partial charge in [0.05, 0.1) is 16.7 Å². The number of rotatable bonds is 6. The molecule has 0 unspecified atom stereocenters. The van der Waals surface area contributed by atoms with E-state index in [1.807, 2.05) is 36.4 Å². The molecule has 0 saturated carbocycles. The van der Waals surface area contributed by atoms with Gasteiger partial charge in [0, 0.05) is 33.9 Å². The number of aromatic nitrogens is 4. The molecule has 0 spiro atoms. The first-order chi connectivity index (χ1) is 27.8. The average molecular weight is 715 g/mol. The summed E-state index contributed by atoms with van der Waals surface area (Å²) in [7, 11) is 0. The fourth-order valence-electron chi connectivity index (χ4n) is 8.48. The minimum Gasteiger partial charge on any atom is -0.309 e. The van der Waals surface area contributed by atoms with Crippen molar-refractivity contribution < 1.29 is 0 Å². The topological polar surface area (TPSA) is 43.6 Å². The van der Waals surface area contributed by atoms with Crippen molar-refractivity contribution in [3.8, 4) is 73.2 Å². The summed E-state index contributed by atoms with van der Waals surface area (Å²) in [5, 5.41) is 2.47. The van der Waals surface area contributed by atoms with E-state index in [4.69, 9.17) is 15.0 Å². The maximum atomic E-state index is 5.14. The van der Waals surface area contributed by atoms with Crippen LogP contribution in [0.25, 0.3) is 95.0 Å². The van der Waals surface area contributed by atoms with Crippen LogP contribution in [0.3, 0.4) is 0 Å². The Morgan fingerprint density at radius 3 is 1.36 bits per heavy atom. The standard InChI is InChI=1S/C52H34N4/c1-5-15-34(16-6-1)38-27-29-47-44(31-38)45-32-39(35-17-7-2-8-18-35)28-30-48(45)56(47)46-26-14-24-41-43(46)33-40-23-13-25-42(49(40)41)52-54-50(36-19-9-3-10-20-36)53-51(55-52)37-21-11-4-12-22-37/h1-32H,33H2. The zero-order valence-electron chi connectivity index (χ0n) is 30.5. The molecule has 0 N–H and O–H groups in total. The lowest BCUT2D eigenvalue weighted by Gasteiger charge is -2.14. The van der Waals surface area contributed by atoms with Gasteiger partial charge in [0.1, 0.15) is 0 Å². The lowest BCUT2D eigenvalue weighted by molar-refractivity contribution is 1.07. The quantitative estimate of drug-likeness (QED) is 0.172. The van der Waals surface area contributed by atoms with Crippen molar-refractivity contribution in [1.82, 2.24) is 19.5 Å². The van der Waals surface area contributed by atoms with Crippen LogP contribution in [0, 0.1) is 0 Å². The average Bonchev–Trinajstić information content (AvgIpc) is 3.83. The molecule has 0 radical (unpaired) electrons. The van der Waals surface area contributed by atoms with Crippen LogP contribution in [0.15, 0.2) is 194 Å². The highest BCUT2D eigenvalue weighted by Crippen LogP contribution is 2.46. The molecule has 2 aromatic heterocycles. The third-order valence-corrected chi connectivity index (χ3v) is 11.1. The first kappa shape index (κ1) is 32.0. The van der Waals surface area contributed by atoms with E-state index >= 15 is 0 Å². The second-order valence-corrected chi connectivity index (χ2v) is 14.4. The molecule has 0 amide bonds. The van der Waals surface area contributed by atoms with Gasteiger partial charge < -0.3 is 4.57 Å². The summed E-state index contributed by atoms with van der Waals surface area (Å²) in [6.07, 6.45) is 0.808. The van der Waals surface area contributed by atoms with Crippen LogP contribution in [0.1, 0.15) is 11.1 Å².